The van der Waals surface area contributed by atoms with Crippen LogP contribution in [0.1, 0.15) is 0 Å². The van der Waals surface area contributed by atoms with Gasteiger partial charge in [0, 0.05) is 155 Å². The van der Waals surface area contributed by atoms with Crippen LogP contribution in [-0.2, 0) is 103 Å². The summed E-state index contributed by atoms with van der Waals surface area (Å²) < 4.78 is 0. The molecule has 0 heterocycles. The van der Waals surface area contributed by atoms with Crippen molar-refractivity contribution < 1.29 is 103 Å². The summed E-state index contributed by atoms with van der Waals surface area (Å²) in [5, 5.41) is 0. The maximum atomic E-state index is 0. The van der Waals surface area contributed by atoms with Gasteiger partial charge in [0.1, 0.15) is 0 Å². The molecule has 0 aromatic carbocycles. The van der Waals surface area contributed by atoms with Gasteiger partial charge in [0.15, 0.2) is 0 Å². The number of hydrogen-bond acceptors (Lipinski definition) is 0. The van der Waals surface area contributed by atoms with Gasteiger partial charge in [-0.05, 0) is 0 Å². The second kappa shape index (κ2) is 43.6. The molecule has 7 heavy (non-hydrogen) atoms. The summed E-state index contributed by atoms with van der Waals surface area (Å²) in [6, 6.07) is 0. The van der Waals surface area contributed by atoms with E-state index in [-0.39, 0.29) is 155 Å². The van der Waals surface area contributed by atoms with Crippen molar-refractivity contribution in [1.82, 2.24) is 0 Å². The van der Waals surface area contributed by atoms with Gasteiger partial charge in [0.2, 0.25) is 0 Å². The Balaban J connectivity index is 0. The Kier molecular flexibility index (Phi) is 358. The van der Waals surface area contributed by atoms with E-state index in [2.05, 4.69) is 0 Å². The third-order valence-electron chi connectivity index (χ3n) is 0. The zero-order chi connectivity index (χ0) is 0. The van der Waals surface area contributed by atoms with Crippen LogP contribution in [0.4, 0.5) is 0 Å². The molecule has 0 aromatic heterocycles. The van der Waals surface area contributed by atoms with Gasteiger partial charge < -0.3 is 0 Å². The van der Waals surface area contributed by atoms with Gasteiger partial charge in [-0.1, -0.05) is 0 Å². The van der Waals surface area contributed by atoms with E-state index < -0.39 is 0 Å². The largest absolute Gasteiger partial charge is 0 e. The van der Waals surface area contributed by atoms with Crippen molar-refractivity contribution in [3.8, 4) is 0 Å². The molecule has 0 spiro atoms. The van der Waals surface area contributed by atoms with Crippen LogP contribution in [0.2, 0.25) is 0 Å². The summed E-state index contributed by atoms with van der Waals surface area (Å²) in [6.07, 6.45) is 0. The molecule has 0 bridgehead atoms. The standard InChI is InChI=1S/3Al.4Hf. The van der Waals surface area contributed by atoms with E-state index >= 15 is 0 Å². The zero-order valence-electron chi connectivity index (χ0n) is 3.73. The van der Waals surface area contributed by atoms with Gasteiger partial charge in [0.05, 0.1) is 0 Å². The maximum absolute atomic E-state index is 0. The molecule has 0 saturated carbocycles. The normalized spacial score (nSPS) is 0. The second-order valence-corrected chi connectivity index (χ2v) is 0. The van der Waals surface area contributed by atoms with Gasteiger partial charge in [0.25, 0.3) is 0 Å². The molecular formula is Al3Hf4. The van der Waals surface area contributed by atoms with Crippen LogP contribution in [-0.4, -0.2) is 52.1 Å². The van der Waals surface area contributed by atoms with Crippen LogP contribution in [0.25, 0.3) is 0 Å². The average Bonchev–Trinajstić information content (AvgIpc) is 0. The summed E-state index contributed by atoms with van der Waals surface area (Å²) in [5.74, 6) is 0. The molecule has 0 aliphatic heterocycles. The fraction of sp³-hybridized carbons (Fsp3) is 0. The van der Waals surface area contributed by atoms with Gasteiger partial charge in [-0.3, -0.25) is 0 Å². The molecule has 0 aliphatic rings. The second-order valence-electron chi connectivity index (χ2n) is 0. The van der Waals surface area contributed by atoms with E-state index in [4.69, 9.17) is 0 Å². The van der Waals surface area contributed by atoms with E-state index in [0.29, 0.717) is 0 Å². The molecule has 0 aromatic rings. The minimum absolute atomic E-state index is 0. The van der Waals surface area contributed by atoms with E-state index in [9.17, 15) is 0 Å². The Morgan fingerprint density at radius 3 is 0.286 bits per heavy atom. The summed E-state index contributed by atoms with van der Waals surface area (Å²) >= 11 is 0. The van der Waals surface area contributed by atoms with Crippen molar-refractivity contribution in [1.29, 1.82) is 0 Å². The fourth-order valence-electron chi connectivity index (χ4n) is 0. The molecule has 0 atom stereocenters. The Bertz CT molecular complexity index is 6.90. The van der Waals surface area contributed by atoms with Crippen LogP contribution in [0.15, 0.2) is 0 Å². The van der Waals surface area contributed by atoms with Crippen molar-refractivity contribution >= 4 is 52.1 Å². The van der Waals surface area contributed by atoms with Crippen molar-refractivity contribution in [3.63, 3.8) is 0 Å². The van der Waals surface area contributed by atoms with E-state index in [1.165, 1.54) is 0 Å². The molecule has 0 N–H and O–H groups in total. The molecule has 0 nitrogen and oxygen atoms in total. The quantitative estimate of drug-likeness (QED) is 0.272. The minimum atomic E-state index is 0. The summed E-state index contributed by atoms with van der Waals surface area (Å²) in [4.78, 5) is 0. The molecular weight excluding hydrogens is 795 g/mol. The Labute approximate surface area is 152 Å². The smallest absolute Gasteiger partial charge is 0 e. The summed E-state index contributed by atoms with van der Waals surface area (Å²) in [5.41, 5.74) is 0. The predicted octanol–water partition coefficient (Wildman–Crippen LogP) is -1.15. The van der Waals surface area contributed by atoms with Crippen molar-refractivity contribution in [2.24, 2.45) is 0 Å². The monoisotopic (exact) mass is 801 g/mol. The van der Waals surface area contributed by atoms with Crippen molar-refractivity contribution in [2.75, 3.05) is 0 Å². The molecule has 0 saturated heterocycles. The molecule has 0 unspecified atom stereocenters. The van der Waals surface area contributed by atoms with Gasteiger partial charge in [-0.2, -0.15) is 0 Å². The molecule has 9 radical (unpaired) electrons. The predicted molar refractivity (Wildman–Crippen MR) is 17.3 cm³/mol. The minimum Gasteiger partial charge on any atom is 0 e. The Morgan fingerprint density at radius 2 is 0.286 bits per heavy atom. The van der Waals surface area contributed by atoms with Crippen LogP contribution >= 0.6 is 0 Å². The van der Waals surface area contributed by atoms with Crippen LogP contribution in [0.5, 0.6) is 0 Å². The molecule has 25 valence electrons. The van der Waals surface area contributed by atoms with E-state index in [0.717, 1.165) is 0 Å². The van der Waals surface area contributed by atoms with Gasteiger partial charge in [-0.15, -0.1) is 0 Å². The van der Waals surface area contributed by atoms with Crippen LogP contribution in [0, 0.1) is 0 Å². The topological polar surface area (TPSA) is 0 Å². The van der Waals surface area contributed by atoms with Crippen molar-refractivity contribution in [3.05, 3.63) is 0 Å². The molecule has 0 aliphatic carbocycles. The first kappa shape index (κ1) is 57.5. The Morgan fingerprint density at radius 1 is 0.286 bits per heavy atom. The molecule has 0 rings (SSSR count). The first-order chi connectivity index (χ1) is 0. The van der Waals surface area contributed by atoms with Crippen LogP contribution in [0.3, 0.4) is 0 Å². The SMILES string of the molecule is [Al].[Al].[Al].[Hf].[Hf].[Hf].[Hf]. The zero-order valence-corrected chi connectivity index (χ0v) is 21.6. The third-order valence-corrected chi connectivity index (χ3v) is 0. The van der Waals surface area contributed by atoms with E-state index in [1.54, 1.807) is 0 Å². The Hall–Kier alpha value is 5.08. The first-order valence-electron chi connectivity index (χ1n) is 0. The van der Waals surface area contributed by atoms with Gasteiger partial charge >= 0.3 is 0 Å². The number of hydrogen-bond donors (Lipinski definition) is 0. The van der Waals surface area contributed by atoms with Crippen molar-refractivity contribution in [2.45, 2.75) is 0 Å². The molecule has 0 amide bonds. The number of rotatable bonds is 0. The summed E-state index contributed by atoms with van der Waals surface area (Å²) in [6.45, 7) is 0. The van der Waals surface area contributed by atoms with Gasteiger partial charge in [-0.25, -0.2) is 0 Å². The third kappa shape index (κ3) is 35.4. The average molecular weight is 795 g/mol. The maximum Gasteiger partial charge on any atom is 0 e. The molecule has 7 heteroatoms. The first-order valence-corrected chi connectivity index (χ1v) is 0. The molecule has 0 fully saturated rings. The van der Waals surface area contributed by atoms with E-state index in [1.807, 2.05) is 0 Å². The fourth-order valence-corrected chi connectivity index (χ4v) is 0. The van der Waals surface area contributed by atoms with Crippen LogP contribution < -0.4 is 0 Å². The summed E-state index contributed by atoms with van der Waals surface area (Å²) in [7, 11) is 0.